The van der Waals surface area contributed by atoms with Crippen LogP contribution in [-0.4, -0.2) is 39.9 Å². The van der Waals surface area contributed by atoms with Crippen LogP contribution >= 0.6 is 23.4 Å². The van der Waals surface area contributed by atoms with Crippen LogP contribution in [-0.2, 0) is 16.1 Å². The van der Waals surface area contributed by atoms with Crippen LogP contribution in [0.2, 0.25) is 5.02 Å². The summed E-state index contributed by atoms with van der Waals surface area (Å²) in [6.07, 6.45) is 0. The van der Waals surface area contributed by atoms with Gasteiger partial charge < -0.3 is 14.7 Å². The number of amides is 2. The molecule has 25 heavy (non-hydrogen) atoms. The van der Waals surface area contributed by atoms with E-state index in [-0.39, 0.29) is 23.3 Å². The molecule has 2 aromatic rings. The number of thioether (sulfide) groups is 1. The summed E-state index contributed by atoms with van der Waals surface area (Å²) in [6.45, 7) is 4.76. The number of rotatable bonds is 8. The van der Waals surface area contributed by atoms with Gasteiger partial charge in [0, 0.05) is 24.2 Å². The van der Waals surface area contributed by atoms with Gasteiger partial charge in [-0.1, -0.05) is 28.9 Å². The van der Waals surface area contributed by atoms with Crippen LogP contribution < -0.4 is 5.32 Å². The second-order valence-corrected chi connectivity index (χ2v) is 6.82. The predicted octanol–water partition coefficient (Wildman–Crippen LogP) is 3.36. The van der Waals surface area contributed by atoms with Gasteiger partial charge in [0.15, 0.2) is 5.82 Å². The molecule has 0 bridgehead atoms. The highest BCUT2D eigenvalue weighted by atomic mass is 35.5. The zero-order valence-electron chi connectivity index (χ0n) is 14.1. The Kier molecular flexibility index (Phi) is 7.33. The lowest BCUT2D eigenvalue weighted by atomic mass is 10.2. The fourth-order valence-electron chi connectivity index (χ4n) is 2.16. The molecule has 134 valence electrons. The number of nitrogens with zero attached hydrogens (tertiary/aromatic N) is 2. The van der Waals surface area contributed by atoms with Gasteiger partial charge in [-0.05, 0) is 31.5 Å². The van der Waals surface area contributed by atoms with Crippen molar-refractivity contribution in [2.75, 3.05) is 23.4 Å². The van der Waals surface area contributed by atoms with Gasteiger partial charge >= 0.3 is 0 Å². The molecule has 1 N–H and O–H groups in total. The molecule has 0 aliphatic heterocycles. The molecule has 1 aromatic carbocycles. The molecule has 0 fully saturated rings. The third-order valence-electron chi connectivity index (χ3n) is 3.35. The normalized spacial score (nSPS) is 10.5. The summed E-state index contributed by atoms with van der Waals surface area (Å²) in [7, 11) is 0. The number of carbonyl (C=O) groups is 2. The molecule has 1 heterocycles. The van der Waals surface area contributed by atoms with Crippen molar-refractivity contribution in [2.24, 2.45) is 0 Å². The van der Waals surface area contributed by atoms with E-state index >= 15 is 0 Å². The third kappa shape index (κ3) is 6.43. The van der Waals surface area contributed by atoms with Crippen molar-refractivity contribution in [3.05, 3.63) is 46.7 Å². The van der Waals surface area contributed by atoms with Crippen molar-refractivity contribution in [3.8, 4) is 0 Å². The molecular formula is C17H20ClN3O3S. The van der Waals surface area contributed by atoms with Crippen molar-refractivity contribution in [1.82, 2.24) is 10.1 Å². The Morgan fingerprint density at radius 2 is 2.12 bits per heavy atom. The molecule has 0 saturated heterocycles. The molecular weight excluding hydrogens is 362 g/mol. The molecule has 0 saturated carbocycles. The summed E-state index contributed by atoms with van der Waals surface area (Å²) in [4.78, 5) is 25.9. The maximum atomic E-state index is 12.3. The first-order chi connectivity index (χ1) is 12.0. The summed E-state index contributed by atoms with van der Waals surface area (Å²) < 4.78 is 4.88. The van der Waals surface area contributed by atoms with Gasteiger partial charge in [-0.25, -0.2) is 0 Å². The highest BCUT2D eigenvalue weighted by Gasteiger charge is 2.14. The van der Waals surface area contributed by atoms with Gasteiger partial charge in [0.05, 0.1) is 11.5 Å². The molecule has 8 heteroatoms. The molecule has 0 atom stereocenters. The molecule has 0 spiro atoms. The van der Waals surface area contributed by atoms with Crippen molar-refractivity contribution in [2.45, 2.75) is 20.4 Å². The van der Waals surface area contributed by atoms with Crippen molar-refractivity contribution in [1.29, 1.82) is 0 Å². The van der Waals surface area contributed by atoms with Crippen molar-refractivity contribution >= 4 is 41.0 Å². The van der Waals surface area contributed by atoms with E-state index in [1.54, 1.807) is 24.0 Å². The lowest BCUT2D eigenvalue weighted by Crippen LogP contribution is -2.32. The minimum Gasteiger partial charge on any atom is -0.360 e. The summed E-state index contributed by atoms with van der Waals surface area (Å²) in [6, 6.07) is 9.08. The van der Waals surface area contributed by atoms with Crippen LogP contribution in [0.5, 0.6) is 0 Å². The minimum absolute atomic E-state index is 0.0162. The van der Waals surface area contributed by atoms with Crippen LogP contribution in [0.15, 0.2) is 34.9 Å². The van der Waals surface area contributed by atoms with Gasteiger partial charge in [-0.15, -0.1) is 11.8 Å². The zero-order chi connectivity index (χ0) is 18.2. The Bertz CT molecular complexity index is 735. The maximum Gasteiger partial charge on any atom is 0.235 e. The molecule has 0 aliphatic carbocycles. The number of hydrogen-bond acceptors (Lipinski definition) is 5. The molecule has 6 nitrogen and oxygen atoms in total. The first-order valence-corrected chi connectivity index (χ1v) is 9.34. The smallest absolute Gasteiger partial charge is 0.235 e. The van der Waals surface area contributed by atoms with Gasteiger partial charge in [0.2, 0.25) is 11.8 Å². The van der Waals surface area contributed by atoms with Crippen LogP contribution in [0.3, 0.4) is 0 Å². The van der Waals surface area contributed by atoms with E-state index in [9.17, 15) is 9.59 Å². The fourth-order valence-corrected chi connectivity index (χ4v) is 3.09. The average Bonchev–Trinajstić information content (AvgIpc) is 2.97. The number of halogens is 1. The van der Waals surface area contributed by atoms with E-state index in [4.69, 9.17) is 16.1 Å². The van der Waals surface area contributed by atoms with E-state index in [0.717, 1.165) is 5.56 Å². The molecule has 2 rings (SSSR count). The minimum atomic E-state index is -0.219. The largest absolute Gasteiger partial charge is 0.360 e. The average molecular weight is 382 g/mol. The van der Waals surface area contributed by atoms with Crippen molar-refractivity contribution < 1.29 is 14.1 Å². The lowest BCUT2D eigenvalue weighted by molar-refractivity contribution is -0.128. The van der Waals surface area contributed by atoms with Gasteiger partial charge in [0.25, 0.3) is 0 Å². The molecule has 0 aliphatic rings. The number of aromatic nitrogens is 1. The van der Waals surface area contributed by atoms with Gasteiger partial charge in [0.1, 0.15) is 5.76 Å². The van der Waals surface area contributed by atoms with Crippen LogP contribution in [0.4, 0.5) is 5.82 Å². The molecule has 0 radical (unpaired) electrons. The van der Waals surface area contributed by atoms with Gasteiger partial charge in [-0.2, -0.15) is 0 Å². The van der Waals surface area contributed by atoms with E-state index in [1.165, 1.54) is 11.8 Å². The van der Waals surface area contributed by atoms with E-state index in [0.29, 0.717) is 29.7 Å². The Morgan fingerprint density at radius 3 is 2.76 bits per heavy atom. The highest BCUT2D eigenvalue weighted by molar-refractivity contribution is 8.00. The number of hydrogen-bond donors (Lipinski definition) is 1. The third-order valence-corrected chi connectivity index (χ3v) is 4.50. The van der Waals surface area contributed by atoms with Gasteiger partial charge in [-0.3, -0.25) is 9.59 Å². The first kappa shape index (κ1) is 19.3. The lowest BCUT2D eigenvalue weighted by Gasteiger charge is -2.21. The number of nitrogens with one attached hydrogen (secondary N) is 1. The summed E-state index contributed by atoms with van der Waals surface area (Å²) in [5.74, 6) is 1.18. The maximum absolute atomic E-state index is 12.3. The van der Waals surface area contributed by atoms with E-state index in [2.05, 4.69) is 10.5 Å². The molecule has 2 amide bonds. The Hall–Kier alpha value is -1.99. The topological polar surface area (TPSA) is 75.4 Å². The fraction of sp³-hybridized carbons (Fsp3) is 0.353. The summed E-state index contributed by atoms with van der Waals surface area (Å²) >= 11 is 7.24. The number of benzene rings is 1. The zero-order valence-corrected chi connectivity index (χ0v) is 15.7. The highest BCUT2D eigenvalue weighted by Crippen LogP contribution is 2.14. The first-order valence-electron chi connectivity index (χ1n) is 7.81. The van der Waals surface area contributed by atoms with E-state index in [1.807, 2.05) is 25.1 Å². The molecule has 0 unspecified atom stereocenters. The molecule has 1 aromatic heterocycles. The SMILES string of the molecule is CCN(Cc1cccc(Cl)c1)C(=O)CSCC(=O)Nc1cc(C)on1. The van der Waals surface area contributed by atoms with Crippen molar-refractivity contribution in [3.63, 3.8) is 0 Å². The Morgan fingerprint density at radius 1 is 1.32 bits per heavy atom. The number of aryl methyl sites for hydroxylation is 1. The summed E-state index contributed by atoms with van der Waals surface area (Å²) in [5, 5.41) is 6.96. The predicted molar refractivity (Wildman–Crippen MR) is 99.7 cm³/mol. The quantitative estimate of drug-likeness (QED) is 0.758. The number of anilines is 1. The summed E-state index contributed by atoms with van der Waals surface area (Å²) in [5.41, 5.74) is 0.979. The Balaban J connectivity index is 1.76. The van der Waals surface area contributed by atoms with E-state index < -0.39 is 0 Å². The Labute approximate surface area is 155 Å². The van der Waals surface area contributed by atoms with Crippen LogP contribution in [0.1, 0.15) is 18.2 Å². The number of carbonyl (C=O) groups excluding carboxylic acids is 2. The van der Waals surface area contributed by atoms with Crippen LogP contribution in [0, 0.1) is 6.92 Å². The second-order valence-electron chi connectivity index (χ2n) is 5.40. The van der Waals surface area contributed by atoms with Crippen LogP contribution in [0.25, 0.3) is 0 Å². The second kappa shape index (κ2) is 9.48. The monoisotopic (exact) mass is 381 g/mol. The standard InChI is InChI=1S/C17H20ClN3O3S/c1-3-21(9-13-5-4-6-14(18)8-13)17(23)11-25-10-16(22)19-15-7-12(2)24-20-15/h4-8H,3,9-11H2,1-2H3,(H,19,20,22).